The molecule has 2 atom stereocenters. The van der Waals surface area contributed by atoms with Crippen LogP contribution in [-0.2, 0) is 23.9 Å². The number of hydrogen-bond acceptors (Lipinski definition) is 6. The average Bonchev–Trinajstić information content (AvgIpc) is 3.18. The molecule has 0 radical (unpaired) electrons. The monoisotopic (exact) mass is 556 g/mol. The molecule has 0 bridgehead atoms. The van der Waals surface area contributed by atoms with Gasteiger partial charge in [0, 0.05) is 13.1 Å². The SMILES string of the molecule is CCCCC(CC)COC(=O)CCN1C(=O)/C(=C\c2ccccc2)N(CCC(=O)OCC(CC)CCCC)C1=O. The van der Waals surface area contributed by atoms with Gasteiger partial charge in [0.05, 0.1) is 26.1 Å². The van der Waals surface area contributed by atoms with Crippen LogP contribution in [0.4, 0.5) is 4.79 Å². The lowest BCUT2D eigenvalue weighted by molar-refractivity contribution is -0.146. The summed E-state index contributed by atoms with van der Waals surface area (Å²) in [6.45, 7) is 9.08. The van der Waals surface area contributed by atoms with Gasteiger partial charge < -0.3 is 9.47 Å². The fourth-order valence-electron chi connectivity index (χ4n) is 4.62. The van der Waals surface area contributed by atoms with Crippen LogP contribution in [0.25, 0.3) is 6.08 Å². The summed E-state index contributed by atoms with van der Waals surface area (Å²) < 4.78 is 10.9. The third-order valence-electron chi connectivity index (χ3n) is 7.45. The van der Waals surface area contributed by atoms with Crippen molar-refractivity contribution in [2.75, 3.05) is 26.3 Å². The summed E-state index contributed by atoms with van der Waals surface area (Å²) in [7, 11) is 0. The van der Waals surface area contributed by atoms with E-state index in [9.17, 15) is 19.2 Å². The summed E-state index contributed by atoms with van der Waals surface area (Å²) in [5.41, 5.74) is 0.934. The maximum atomic E-state index is 13.3. The number of carbonyl (C=O) groups is 4. The van der Waals surface area contributed by atoms with Crippen molar-refractivity contribution in [2.45, 2.75) is 91.9 Å². The molecule has 1 saturated heterocycles. The average molecular weight is 557 g/mol. The number of benzene rings is 1. The molecule has 40 heavy (non-hydrogen) atoms. The van der Waals surface area contributed by atoms with E-state index in [2.05, 4.69) is 27.7 Å². The quantitative estimate of drug-likeness (QED) is 0.108. The van der Waals surface area contributed by atoms with E-state index < -0.39 is 23.9 Å². The van der Waals surface area contributed by atoms with Crippen molar-refractivity contribution < 1.29 is 28.7 Å². The molecule has 3 amide bonds. The zero-order valence-corrected chi connectivity index (χ0v) is 24.9. The van der Waals surface area contributed by atoms with Gasteiger partial charge in [0.25, 0.3) is 5.91 Å². The van der Waals surface area contributed by atoms with Crippen LogP contribution >= 0.6 is 0 Å². The largest absolute Gasteiger partial charge is 0.465 e. The predicted octanol–water partition coefficient (Wildman–Crippen LogP) is 6.59. The molecule has 1 aromatic rings. The van der Waals surface area contributed by atoms with Crippen molar-refractivity contribution in [1.82, 2.24) is 9.80 Å². The highest BCUT2D eigenvalue weighted by Gasteiger charge is 2.41. The van der Waals surface area contributed by atoms with Crippen LogP contribution < -0.4 is 0 Å². The van der Waals surface area contributed by atoms with Crippen molar-refractivity contribution in [1.29, 1.82) is 0 Å². The Labute approximate surface area is 240 Å². The summed E-state index contributed by atoms with van der Waals surface area (Å²) >= 11 is 0. The number of rotatable bonds is 19. The summed E-state index contributed by atoms with van der Waals surface area (Å²) in [5, 5.41) is 0. The van der Waals surface area contributed by atoms with Gasteiger partial charge >= 0.3 is 18.0 Å². The number of imide groups is 1. The molecule has 8 nitrogen and oxygen atoms in total. The summed E-state index contributed by atoms with van der Waals surface area (Å²) in [6, 6.07) is 8.68. The van der Waals surface area contributed by atoms with Gasteiger partial charge in [0.1, 0.15) is 5.70 Å². The fraction of sp³-hybridized carbons (Fsp3) is 0.625. The van der Waals surface area contributed by atoms with Gasteiger partial charge in [-0.1, -0.05) is 96.6 Å². The lowest BCUT2D eigenvalue weighted by Gasteiger charge is -2.18. The Morgan fingerprint density at radius 2 is 1.27 bits per heavy atom. The van der Waals surface area contributed by atoms with E-state index in [-0.39, 0.29) is 31.6 Å². The molecule has 0 N–H and O–H groups in total. The summed E-state index contributed by atoms with van der Waals surface area (Å²) in [4.78, 5) is 53.9. The number of esters is 2. The van der Waals surface area contributed by atoms with Crippen LogP contribution in [0.1, 0.15) is 97.5 Å². The van der Waals surface area contributed by atoms with E-state index in [0.717, 1.165) is 61.8 Å². The minimum Gasteiger partial charge on any atom is -0.465 e. The number of hydrogen-bond donors (Lipinski definition) is 0. The normalized spacial score (nSPS) is 15.9. The highest BCUT2D eigenvalue weighted by atomic mass is 16.5. The predicted molar refractivity (Wildman–Crippen MR) is 156 cm³/mol. The molecule has 1 heterocycles. The summed E-state index contributed by atoms with van der Waals surface area (Å²) in [5.74, 6) is -0.685. The van der Waals surface area contributed by atoms with E-state index >= 15 is 0 Å². The molecule has 222 valence electrons. The molecular formula is C32H48N2O6. The summed E-state index contributed by atoms with van der Waals surface area (Å²) in [6.07, 6.45) is 9.79. The maximum Gasteiger partial charge on any atom is 0.331 e. The van der Waals surface area contributed by atoms with Gasteiger partial charge in [-0.3, -0.25) is 24.2 Å². The second kappa shape index (κ2) is 18.2. The third-order valence-corrected chi connectivity index (χ3v) is 7.45. The Balaban J connectivity index is 2.02. The van der Waals surface area contributed by atoms with Crippen LogP contribution in [0.15, 0.2) is 36.0 Å². The van der Waals surface area contributed by atoms with Crippen molar-refractivity contribution in [3.63, 3.8) is 0 Å². The number of amides is 3. The number of urea groups is 1. The van der Waals surface area contributed by atoms with E-state index in [1.54, 1.807) is 6.08 Å². The van der Waals surface area contributed by atoms with Crippen LogP contribution in [-0.4, -0.2) is 60.0 Å². The Morgan fingerprint density at radius 1 is 0.775 bits per heavy atom. The van der Waals surface area contributed by atoms with Crippen LogP contribution in [0.2, 0.25) is 0 Å². The number of unbranched alkanes of at least 4 members (excludes halogenated alkanes) is 2. The number of ether oxygens (including phenoxy) is 2. The standard InChI is InChI=1S/C32H48N2O6/c1-5-9-14-25(7-3)23-39-29(35)18-20-33-28(22-27-16-12-11-13-17-27)31(37)34(32(33)38)21-19-30(36)40-24-26(8-4)15-10-6-2/h11-13,16-17,22,25-26H,5-10,14-15,18-21,23-24H2,1-4H3/b28-22+. The molecule has 2 unspecified atom stereocenters. The number of nitrogens with zero attached hydrogens (tertiary/aromatic N) is 2. The van der Waals surface area contributed by atoms with E-state index in [4.69, 9.17) is 9.47 Å². The third kappa shape index (κ3) is 10.8. The topological polar surface area (TPSA) is 93.2 Å². The molecule has 1 aliphatic heterocycles. The minimum absolute atomic E-state index is 0.0182. The van der Waals surface area contributed by atoms with Gasteiger partial charge in [-0.2, -0.15) is 0 Å². The first-order valence-electron chi connectivity index (χ1n) is 15.1. The first kappa shape index (κ1) is 33.0. The van der Waals surface area contributed by atoms with Gasteiger partial charge in [0.2, 0.25) is 0 Å². The van der Waals surface area contributed by atoms with Crippen molar-refractivity contribution >= 4 is 30.0 Å². The van der Waals surface area contributed by atoms with Gasteiger partial charge in [-0.15, -0.1) is 0 Å². The highest BCUT2D eigenvalue weighted by molar-refractivity contribution is 6.14. The Hall–Kier alpha value is -3.16. The molecule has 1 fully saturated rings. The van der Waals surface area contributed by atoms with Gasteiger partial charge in [0.15, 0.2) is 0 Å². The lowest BCUT2D eigenvalue weighted by atomic mass is 10.0. The van der Waals surface area contributed by atoms with Crippen molar-refractivity contribution in [3.05, 3.63) is 41.6 Å². The first-order valence-corrected chi connectivity index (χ1v) is 15.1. The highest BCUT2D eigenvalue weighted by Crippen LogP contribution is 2.25. The van der Waals surface area contributed by atoms with Crippen LogP contribution in [0.3, 0.4) is 0 Å². The van der Waals surface area contributed by atoms with E-state index in [1.807, 2.05) is 30.3 Å². The van der Waals surface area contributed by atoms with Crippen molar-refractivity contribution in [3.8, 4) is 0 Å². The maximum absolute atomic E-state index is 13.3. The lowest BCUT2D eigenvalue weighted by Crippen LogP contribution is -2.35. The van der Waals surface area contributed by atoms with Gasteiger partial charge in [-0.05, 0) is 36.3 Å². The van der Waals surface area contributed by atoms with Crippen molar-refractivity contribution in [2.24, 2.45) is 11.8 Å². The van der Waals surface area contributed by atoms with Crippen LogP contribution in [0, 0.1) is 11.8 Å². The molecule has 1 aromatic carbocycles. The second-order valence-corrected chi connectivity index (χ2v) is 10.5. The molecule has 0 spiro atoms. The van der Waals surface area contributed by atoms with E-state index in [1.165, 1.54) is 4.90 Å². The molecule has 0 aliphatic carbocycles. The molecule has 0 saturated carbocycles. The first-order chi connectivity index (χ1) is 19.3. The minimum atomic E-state index is -0.545. The zero-order valence-electron chi connectivity index (χ0n) is 24.9. The molecule has 2 rings (SSSR count). The van der Waals surface area contributed by atoms with Crippen LogP contribution in [0.5, 0.6) is 0 Å². The van der Waals surface area contributed by atoms with Gasteiger partial charge in [-0.25, -0.2) is 4.79 Å². The molecule has 1 aliphatic rings. The molecular weight excluding hydrogens is 508 g/mol. The van der Waals surface area contributed by atoms with E-state index in [0.29, 0.717) is 25.0 Å². The smallest absolute Gasteiger partial charge is 0.331 e. The number of carbonyl (C=O) groups excluding carboxylic acids is 4. The Bertz CT molecular complexity index is 977. The fourth-order valence-corrected chi connectivity index (χ4v) is 4.62. The zero-order chi connectivity index (χ0) is 29.3. The second-order valence-electron chi connectivity index (χ2n) is 10.5. The molecule has 8 heteroatoms. The Morgan fingerprint density at radius 3 is 1.75 bits per heavy atom. The Kier molecular flexibility index (Phi) is 15.1. The molecule has 0 aromatic heterocycles.